The number of rotatable bonds is 4. The van der Waals surface area contributed by atoms with Crippen molar-refractivity contribution >= 4 is 11.6 Å². The largest absolute Gasteiger partial charge is 0.360 e. The van der Waals surface area contributed by atoms with E-state index in [1.165, 1.54) is 0 Å². The van der Waals surface area contributed by atoms with E-state index in [4.69, 9.17) is 0 Å². The first-order valence-corrected chi connectivity index (χ1v) is 8.47. The topological polar surface area (TPSA) is 56.1 Å². The number of benzene rings is 3. The van der Waals surface area contributed by atoms with Crippen molar-refractivity contribution < 1.29 is 4.79 Å². The van der Waals surface area contributed by atoms with E-state index in [1.807, 2.05) is 77.7 Å². The number of nitrogens with one attached hydrogen (secondary N) is 1. The minimum absolute atomic E-state index is 0.00334. The van der Waals surface area contributed by atoms with Gasteiger partial charge in [0, 0.05) is 17.7 Å². The monoisotopic (exact) mass is 339 g/mol. The Labute approximate surface area is 152 Å². The van der Waals surface area contributed by atoms with Crippen molar-refractivity contribution in [2.45, 2.75) is 12.7 Å². The number of anilines is 1. The Balaban J connectivity index is 1.73. The highest BCUT2D eigenvalue weighted by molar-refractivity contribution is 5.99. The van der Waals surface area contributed by atoms with Crippen LogP contribution in [0.4, 0.5) is 5.69 Å². The Morgan fingerprint density at radius 1 is 0.923 bits per heavy atom. The van der Waals surface area contributed by atoms with Crippen LogP contribution in [0.5, 0.6) is 0 Å². The Bertz CT molecular complexity index is 992. The van der Waals surface area contributed by atoms with Crippen LogP contribution in [0.3, 0.4) is 0 Å². The molecule has 1 N–H and O–H groups in total. The van der Waals surface area contributed by atoms with Gasteiger partial charge in [0.25, 0.3) is 5.91 Å². The van der Waals surface area contributed by atoms with Crippen molar-refractivity contribution in [2.75, 3.05) is 5.32 Å². The third-order valence-electron chi connectivity index (χ3n) is 4.59. The number of hydrogen-bond acceptors (Lipinski definition) is 3. The number of hydrogen-bond donors (Lipinski definition) is 1. The van der Waals surface area contributed by atoms with Gasteiger partial charge in [-0.3, -0.25) is 4.79 Å². The molecule has 1 heterocycles. The quantitative estimate of drug-likeness (QED) is 0.770. The molecule has 0 spiro atoms. The van der Waals surface area contributed by atoms with E-state index < -0.39 is 0 Å². The molecule has 0 saturated heterocycles. The van der Waals surface area contributed by atoms with E-state index in [-0.39, 0.29) is 12.1 Å². The summed E-state index contributed by atoms with van der Waals surface area (Å²) in [7, 11) is 0. The van der Waals surface area contributed by atoms with E-state index in [1.54, 1.807) is 6.07 Å². The van der Waals surface area contributed by atoms with Gasteiger partial charge in [0.05, 0.1) is 11.3 Å². The number of para-hydroxylation sites is 1. The van der Waals surface area contributed by atoms with Crippen LogP contribution in [-0.2, 0) is 6.54 Å². The number of carbonyl (C=O) groups excluding carboxylic acids is 1. The summed E-state index contributed by atoms with van der Waals surface area (Å²) in [6.07, 6.45) is -0.312. The number of nitrogens with zero attached hydrogens (tertiary/aromatic N) is 2. The van der Waals surface area contributed by atoms with Crippen molar-refractivity contribution in [2.24, 2.45) is 0 Å². The summed E-state index contributed by atoms with van der Waals surface area (Å²) < 4.78 is 0. The molecule has 1 aliphatic rings. The average Bonchev–Trinajstić information content (AvgIpc) is 2.95. The lowest BCUT2D eigenvalue weighted by Gasteiger charge is -2.27. The Morgan fingerprint density at radius 2 is 1.62 bits per heavy atom. The van der Waals surface area contributed by atoms with Gasteiger partial charge in [-0.25, -0.2) is 0 Å². The van der Waals surface area contributed by atoms with E-state index >= 15 is 0 Å². The van der Waals surface area contributed by atoms with Gasteiger partial charge in [-0.05, 0) is 23.8 Å². The Hall–Kier alpha value is -3.58. The molecule has 0 aliphatic carbocycles. The molecule has 26 heavy (non-hydrogen) atoms. The molecule has 4 heteroatoms. The molecule has 4 rings (SSSR count). The molecule has 0 saturated carbocycles. The average molecular weight is 339 g/mol. The van der Waals surface area contributed by atoms with Crippen LogP contribution < -0.4 is 5.32 Å². The molecule has 4 nitrogen and oxygen atoms in total. The van der Waals surface area contributed by atoms with Gasteiger partial charge in [-0.2, -0.15) is 5.26 Å². The molecule has 0 aromatic heterocycles. The van der Waals surface area contributed by atoms with E-state index in [2.05, 4.69) is 11.4 Å². The molecule has 1 amide bonds. The van der Waals surface area contributed by atoms with Crippen molar-refractivity contribution in [1.82, 2.24) is 4.90 Å². The SMILES string of the molecule is N#Cc1ccccc1N[C@@H]1c2ccccc2C(=O)N1Cc1ccccc1. The van der Waals surface area contributed by atoms with Crippen LogP contribution in [0.1, 0.15) is 33.2 Å². The second kappa shape index (κ2) is 6.73. The lowest BCUT2D eigenvalue weighted by molar-refractivity contribution is 0.0729. The van der Waals surface area contributed by atoms with E-state index in [9.17, 15) is 10.1 Å². The normalized spacial score (nSPS) is 15.4. The predicted octanol–water partition coefficient (Wildman–Crippen LogP) is 4.32. The molecule has 126 valence electrons. The maximum Gasteiger partial charge on any atom is 0.256 e. The lowest BCUT2D eigenvalue weighted by atomic mass is 10.1. The fourth-order valence-electron chi connectivity index (χ4n) is 3.32. The smallest absolute Gasteiger partial charge is 0.256 e. The molecule has 1 aliphatic heterocycles. The van der Waals surface area contributed by atoms with E-state index in [0.717, 1.165) is 16.8 Å². The summed E-state index contributed by atoms with van der Waals surface area (Å²) in [5.74, 6) is -0.00334. The van der Waals surface area contributed by atoms with Crippen LogP contribution in [-0.4, -0.2) is 10.8 Å². The number of nitriles is 1. The predicted molar refractivity (Wildman–Crippen MR) is 100 cm³/mol. The maximum absolute atomic E-state index is 13.0. The van der Waals surface area contributed by atoms with Gasteiger partial charge >= 0.3 is 0 Å². The molecular formula is C22H17N3O. The highest BCUT2D eigenvalue weighted by Gasteiger charge is 2.36. The van der Waals surface area contributed by atoms with Crippen molar-refractivity contribution in [1.29, 1.82) is 5.26 Å². The van der Waals surface area contributed by atoms with Crippen molar-refractivity contribution in [3.8, 4) is 6.07 Å². The van der Waals surface area contributed by atoms with Gasteiger partial charge in [0.1, 0.15) is 12.2 Å². The second-order valence-corrected chi connectivity index (χ2v) is 6.21. The van der Waals surface area contributed by atoms with Crippen LogP contribution in [0, 0.1) is 11.3 Å². The zero-order valence-electron chi connectivity index (χ0n) is 14.1. The van der Waals surface area contributed by atoms with Gasteiger partial charge in [-0.1, -0.05) is 60.7 Å². The fourth-order valence-corrected chi connectivity index (χ4v) is 3.32. The van der Waals surface area contributed by atoms with Crippen molar-refractivity contribution in [3.63, 3.8) is 0 Å². The lowest BCUT2D eigenvalue weighted by Crippen LogP contribution is -2.32. The van der Waals surface area contributed by atoms with Gasteiger partial charge < -0.3 is 10.2 Å². The first-order chi connectivity index (χ1) is 12.8. The number of fused-ring (bicyclic) bond motifs is 1. The zero-order valence-corrected chi connectivity index (χ0v) is 14.1. The first kappa shape index (κ1) is 15.9. The minimum Gasteiger partial charge on any atom is -0.360 e. The van der Waals surface area contributed by atoms with Crippen LogP contribution >= 0.6 is 0 Å². The molecule has 1 atom stereocenters. The highest BCUT2D eigenvalue weighted by Crippen LogP contribution is 2.36. The number of carbonyl (C=O) groups is 1. The first-order valence-electron chi connectivity index (χ1n) is 8.47. The molecular weight excluding hydrogens is 322 g/mol. The third kappa shape index (κ3) is 2.80. The van der Waals surface area contributed by atoms with Gasteiger partial charge in [-0.15, -0.1) is 0 Å². The summed E-state index contributed by atoms with van der Waals surface area (Å²) in [6.45, 7) is 0.501. The third-order valence-corrected chi connectivity index (χ3v) is 4.59. The fraction of sp³-hybridized carbons (Fsp3) is 0.0909. The molecule has 3 aromatic carbocycles. The van der Waals surface area contributed by atoms with Crippen molar-refractivity contribution in [3.05, 3.63) is 101 Å². The molecule has 0 radical (unpaired) electrons. The van der Waals surface area contributed by atoms with Gasteiger partial charge in [0.15, 0.2) is 0 Å². The molecule has 3 aromatic rings. The number of amides is 1. The standard InChI is InChI=1S/C22H17N3O/c23-14-17-10-4-7-13-20(17)24-21-18-11-5-6-12-19(18)22(26)25(21)15-16-8-2-1-3-9-16/h1-13,21,24H,15H2/t21-/m0/s1. The van der Waals surface area contributed by atoms with Crippen LogP contribution in [0.15, 0.2) is 78.9 Å². The minimum atomic E-state index is -0.312. The molecule has 0 bridgehead atoms. The Kier molecular flexibility index (Phi) is 4.12. The van der Waals surface area contributed by atoms with Crippen LogP contribution in [0.25, 0.3) is 0 Å². The molecule has 0 unspecified atom stereocenters. The summed E-state index contributed by atoms with van der Waals surface area (Å²) in [4.78, 5) is 14.8. The summed E-state index contributed by atoms with van der Waals surface area (Å²) in [6, 6.07) is 27.1. The molecule has 0 fully saturated rings. The van der Waals surface area contributed by atoms with E-state index in [0.29, 0.717) is 17.7 Å². The summed E-state index contributed by atoms with van der Waals surface area (Å²) in [5, 5.41) is 12.8. The highest BCUT2D eigenvalue weighted by atomic mass is 16.2. The summed E-state index contributed by atoms with van der Waals surface area (Å²) >= 11 is 0. The van der Waals surface area contributed by atoms with Crippen LogP contribution in [0.2, 0.25) is 0 Å². The summed E-state index contributed by atoms with van der Waals surface area (Å²) in [5.41, 5.74) is 3.98. The van der Waals surface area contributed by atoms with Gasteiger partial charge in [0.2, 0.25) is 0 Å². The Morgan fingerprint density at radius 3 is 2.42 bits per heavy atom. The zero-order chi connectivity index (χ0) is 17.9. The second-order valence-electron chi connectivity index (χ2n) is 6.21. The maximum atomic E-state index is 13.0.